The van der Waals surface area contributed by atoms with Crippen molar-refractivity contribution in [2.24, 2.45) is 17.1 Å². The predicted octanol–water partition coefficient (Wildman–Crippen LogP) is 2.30. The number of likely N-dealkylation sites (N-methyl/N-ethyl adjacent to an activating group) is 1. The lowest BCUT2D eigenvalue weighted by molar-refractivity contribution is -0.142. The standard InChI is InChI=1S/C14H30N2O2.ClH/c1-11(2)7-8-18-12(3)13(17)16(6)10-14(4,5)9-15;/h11-12H,7-10,15H2,1-6H3;1H. The van der Waals surface area contributed by atoms with Gasteiger partial charge >= 0.3 is 0 Å². The average Bonchev–Trinajstić information content (AvgIpc) is 2.26. The Kier molecular flexibility index (Phi) is 10.6. The van der Waals surface area contributed by atoms with E-state index in [1.54, 1.807) is 4.90 Å². The zero-order chi connectivity index (χ0) is 14.3. The highest BCUT2D eigenvalue weighted by atomic mass is 35.5. The molecule has 1 amide bonds. The second-order valence-corrected chi connectivity index (χ2v) is 6.26. The van der Waals surface area contributed by atoms with Gasteiger partial charge in [-0.2, -0.15) is 0 Å². The highest BCUT2D eigenvalue weighted by Gasteiger charge is 2.24. The molecule has 0 aromatic rings. The predicted molar refractivity (Wildman–Crippen MR) is 82.6 cm³/mol. The minimum absolute atomic E-state index is 0. The molecule has 0 spiro atoms. The third-order valence-electron chi connectivity index (χ3n) is 3.00. The quantitative estimate of drug-likeness (QED) is 0.747. The molecule has 0 aliphatic carbocycles. The van der Waals surface area contributed by atoms with Crippen molar-refractivity contribution in [3.8, 4) is 0 Å². The van der Waals surface area contributed by atoms with Crippen molar-refractivity contribution in [3.63, 3.8) is 0 Å². The van der Waals surface area contributed by atoms with Crippen LogP contribution in [-0.4, -0.2) is 43.7 Å². The van der Waals surface area contributed by atoms with E-state index in [0.717, 1.165) is 6.42 Å². The number of carbonyl (C=O) groups is 1. The summed E-state index contributed by atoms with van der Waals surface area (Å²) in [5, 5.41) is 0. The molecule has 0 rings (SSSR count). The van der Waals surface area contributed by atoms with Crippen LogP contribution in [0.3, 0.4) is 0 Å². The van der Waals surface area contributed by atoms with E-state index in [4.69, 9.17) is 10.5 Å². The molecule has 5 heteroatoms. The van der Waals surface area contributed by atoms with Crippen LogP contribution in [-0.2, 0) is 9.53 Å². The van der Waals surface area contributed by atoms with Crippen molar-refractivity contribution >= 4 is 18.3 Å². The van der Waals surface area contributed by atoms with Gasteiger partial charge < -0.3 is 15.4 Å². The summed E-state index contributed by atoms with van der Waals surface area (Å²) < 4.78 is 5.56. The van der Waals surface area contributed by atoms with Gasteiger partial charge in [-0.3, -0.25) is 4.79 Å². The maximum Gasteiger partial charge on any atom is 0.251 e. The number of hydrogen-bond donors (Lipinski definition) is 1. The third-order valence-corrected chi connectivity index (χ3v) is 3.00. The van der Waals surface area contributed by atoms with Crippen molar-refractivity contribution in [1.82, 2.24) is 4.90 Å². The molecule has 4 nitrogen and oxygen atoms in total. The van der Waals surface area contributed by atoms with Gasteiger partial charge in [0.2, 0.25) is 0 Å². The first-order chi connectivity index (χ1) is 8.19. The molecule has 0 fully saturated rings. The summed E-state index contributed by atoms with van der Waals surface area (Å²) in [5.41, 5.74) is 5.62. The molecule has 0 radical (unpaired) electrons. The van der Waals surface area contributed by atoms with Crippen LogP contribution in [0.1, 0.15) is 41.0 Å². The second-order valence-electron chi connectivity index (χ2n) is 6.26. The number of ether oxygens (including phenoxy) is 1. The maximum absolute atomic E-state index is 12.1. The Morgan fingerprint density at radius 3 is 2.26 bits per heavy atom. The van der Waals surface area contributed by atoms with E-state index in [0.29, 0.717) is 25.6 Å². The van der Waals surface area contributed by atoms with Gasteiger partial charge in [-0.05, 0) is 31.2 Å². The van der Waals surface area contributed by atoms with Crippen LogP contribution < -0.4 is 5.73 Å². The van der Waals surface area contributed by atoms with Gasteiger partial charge in [0.15, 0.2) is 0 Å². The smallest absolute Gasteiger partial charge is 0.251 e. The normalized spacial score (nSPS) is 13.1. The van der Waals surface area contributed by atoms with E-state index in [9.17, 15) is 4.79 Å². The van der Waals surface area contributed by atoms with Crippen LogP contribution in [0.2, 0.25) is 0 Å². The van der Waals surface area contributed by atoms with Crippen molar-refractivity contribution in [3.05, 3.63) is 0 Å². The molecular weight excluding hydrogens is 264 g/mol. The molecule has 116 valence electrons. The Balaban J connectivity index is 0. The molecule has 19 heavy (non-hydrogen) atoms. The fourth-order valence-corrected chi connectivity index (χ4v) is 1.65. The number of rotatable bonds is 8. The molecule has 1 unspecified atom stereocenters. The van der Waals surface area contributed by atoms with Crippen LogP contribution in [0.5, 0.6) is 0 Å². The number of nitrogens with zero attached hydrogens (tertiary/aromatic N) is 1. The number of carbonyl (C=O) groups excluding carboxylic acids is 1. The largest absolute Gasteiger partial charge is 0.369 e. The topological polar surface area (TPSA) is 55.6 Å². The van der Waals surface area contributed by atoms with Crippen molar-refractivity contribution in [2.75, 3.05) is 26.7 Å². The Labute approximate surface area is 124 Å². The summed E-state index contributed by atoms with van der Waals surface area (Å²) in [6.07, 6.45) is 0.609. The van der Waals surface area contributed by atoms with Gasteiger partial charge in [0.05, 0.1) is 0 Å². The lowest BCUT2D eigenvalue weighted by atomic mass is 9.93. The van der Waals surface area contributed by atoms with Crippen LogP contribution in [0.4, 0.5) is 0 Å². The fraction of sp³-hybridized carbons (Fsp3) is 0.929. The Morgan fingerprint density at radius 1 is 1.32 bits per heavy atom. The van der Waals surface area contributed by atoms with Crippen LogP contribution in [0.25, 0.3) is 0 Å². The van der Waals surface area contributed by atoms with Crippen LogP contribution >= 0.6 is 12.4 Å². The lowest BCUT2D eigenvalue weighted by Gasteiger charge is -2.30. The molecule has 0 heterocycles. The number of hydrogen-bond acceptors (Lipinski definition) is 3. The van der Waals surface area contributed by atoms with E-state index in [1.165, 1.54) is 0 Å². The molecule has 2 N–H and O–H groups in total. The molecule has 0 bridgehead atoms. The third kappa shape index (κ3) is 9.25. The van der Waals surface area contributed by atoms with E-state index >= 15 is 0 Å². The minimum Gasteiger partial charge on any atom is -0.369 e. The summed E-state index contributed by atoms with van der Waals surface area (Å²) in [5.74, 6) is 0.626. The first kappa shape index (κ1) is 21.0. The fourth-order valence-electron chi connectivity index (χ4n) is 1.65. The highest BCUT2D eigenvalue weighted by Crippen LogP contribution is 2.15. The van der Waals surface area contributed by atoms with Gasteiger partial charge in [-0.1, -0.05) is 27.7 Å². The summed E-state index contributed by atoms with van der Waals surface area (Å²) in [4.78, 5) is 13.8. The molecule has 0 aliphatic heterocycles. The summed E-state index contributed by atoms with van der Waals surface area (Å²) in [7, 11) is 1.81. The van der Waals surface area contributed by atoms with Gasteiger partial charge in [-0.15, -0.1) is 12.4 Å². The maximum atomic E-state index is 12.1. The van der Waals surface area contributed by atoms with E-state index in [1.807, 2.05) is 14.0 Å². The second kappa shape index (κ2) is 9.56. The number of halogens is 1. The van der Waals surface area contributed by atoms with Crippen molar-refractivity contribution in [2.45, 2.75) is 47.1 Å². The summed E-state index contributed by atoms with van der Waals surface area (Å²) >= 11 is 0. The van der Waals surface area contributed by atoms with Crippen molar-refractivity contribution < 1.29 is 9.53 Å². The highest BCUT2D eigenvalue weighted by molar-refractivity contribution is 5.85. The first-order valence-corrected chi connectivity index (χ1v) is 6.76. The zero-order valence-corrected chi connectivity index (χ0v) is 14.0. The Morgan fingerprint density at radius 2 is 1.84 bits per heavy atom. The summed E-state index contributed by atoms with van der Waals surface area (Å²) in [6.45, 7) is 12.1. The molecule has 1 atom stereocenters. The van der Waals surface area contributed by atoms with Gasteiger partial charge in [-0.25, -0.2) is 0 Å². The lowest BCUT2D eigenvalue weighted by Crippen LogP contribution is -2.43. The SMILES string of the molecule is CC(C)CCOC(C)C(=O)N(C)CC(C)(C)CN.Cl. The van der Waals surface area contributed by atoms with E-state index < -0.39 is 0 Å². The van der Waals surface area contributed by atoms with Crippen molar-refractivity contribution in [1.29, 1.82) is 0 Å². The molecule has 0 aromatic heterocycles. The molecule has 0 aliphatic rings. The van der Waals surface area contributed by atoms with Crippen LogP contribution in [0, 0.1) is 11.3 Å². The Bertz CT molecular complexity index is 258. The van der Waals surface area contributed by atoms with E-state index in [2.05, 4.69) is 27.7 Å². The van der Waals surface area contributed by atoms with E-state index in [-0.39, 0.29) is 29.8 Å². The molecule has 0 saturated heterocycles. The van der Waals surface area contributed by atoms with Gasteiger partial charge in [0.1, 0.15) is 6.10 Å². The molecule has 0 saturated carbocycles. The van der Waals surface area contributed by atoms with Gasteiger partial charge in [0.25, 0.3) is 5.91 Å². The number of amides is 1. The average molecular weight is 295 g/mol. The zero-order valence-electron chi connectivity index (χ0n) is 13.2. The van der Waals surface area contributed by atoms with Gasteiger partial charge in [0, 0.05) is 20.2 Å². The number of nitrogens with two attached hydrogens (primary N) is 1. The molecule has 0 aromatic carbocycles. The first-order valence-electron chi connectivity index (χ1n) is 6.76. The summed E-state index contributed by atoms with van der Waals surface area (Å²) in [6, 6.07) is 0. The Hall–Kier alpha value is -0.320. The minimum atomic E-state index is -0.373. The van der Waals surface area contributed by atoms with Crippen LogP contribution in [0.15, 0.2) is 0 Å². The monoisotopic (exact) mass is 294 g/mol. The molecular formula is C14H31ClN2O2.